The summed E-state index contributed by atoms with van der Waals surface area (Å²) in [6.07, 6.45) is 0. The first-order valence-corrected chi connectivity index (χ1v) is 19.2. The second-order valence-electron chi connectivity index (χ2n) is 14.9. The van der Waals surface area contributed by atoms with Gasteiger partial charge in [0.1, 0.15) is 11.2 Å². The van der Waals surface area contributed by atoms with Gasteiger partial charge in [-0.3, -0.25) is 0 Å². The fraction of sp³-hybridized carbons (Fsp3) is 0.0556. The average molecular weight is 769 g/mol. The Balaban J connectivity index is 1.11. The number of para-hydroxylation sites is 2. The lowest BCUT2D eigenvalue weighted by Crippen LogP contribution is -2.16. The summed E-state index contributed by atoms with van der Waals surface area (Å²) in [5, 5.41) is 1.30. The van der Waals surface area contributed by atoms with E-state index in [9.17, 15) is 0 Å². The molecule has 11 rings (SSSR count). The highest BCUT2D eigenvalue weighted by molar-refractivity contribution is 6.13. The number of aromatic nitrogens is 3. The number of rotatable bonds is 7. The third kappa shape index (κ3) is 5.90. The second kappa shape index (κ2) is 13.8. The maximum atomic E-state index is 8.85. The summed E-state index contributed by atoms with van der Waals surface area (Å²) in [5.41, 5.74) is 9.90. The van der Waals surface area contributed by atoms with Crippen molar-refractivity contribution in [1.29, 1.82) is 0 Å². The molecule has 0 amide bonds. The number of hydrogen-bond acceptors (Lipinski definition) is 5. The predicted molar refractivity (Wildman–Crippen MR) is 241 cm³/mol. The predicted octanol–water partition coefficient (Wildman–Crippen LogP) is 14.2. The van der Waals surface area contributed by atoms with Gasteiger partial charge in [0, 0.05) is 49.9 Å². The van der Waals surface area contributed by atoms with E-state index in [1.54, 1.807) is 0 Å². The van der Waals surface area contributed by atoms with E-state index in [1.165, 1.54) is 22.3 Å². The molecule has 5 heteroatoms. The van der Waals surface area contributed by atoms with Crippen LogP contribution in [0.5, 0.6) is 0 Å². The van der Waals surface area contributed by atoms with Crippen LogP contribution in [0.4, 0.5) is 17.1 Å². The first kappa shape index (κ1) is 25.6. The van der Waals surface area contributed by atoms with Crippen molar-refractivity contribution in [2.45, 2.75) is 19.3 Å². The van der Waals surface area contributed by atoms with Gasteiger partial charge in [-0.1, -0.05) is 153 Å². The highest BCUT2D eigenvalue weighted by atomic mass is 16.3. The van der Waals surface area contributed by atoms with Crippen molar-refractivity contribution < 1.29 is 18.1 Å². The molecule has 1 aliphatic rings. The van der Waals surface area contributed by atoms with Gasteiger partial charge in [0.05, 0.1) is 13.7 Å². The SMILES string of the molecule is [2H]c1c([2H])c([2H])c(-c2nc(-c3c([2H])c([2H])c([2H])c([2H])c3[2H])nc(-c3cc(-c4ccc(N(c5ccccc5)c5ccc6c(c5)C(C)(C)c5ccccc5-6)cc4)cc4oc5ccccc5c34)n2)c([2H])c1[2H]. The molecule has 0 atom stereocenters. The Morgan fingerprint density at radius 2 is 1.05 bits per heavy atom. The summed E-state index contributed by atoms with van der Waals surface area (Å²) in [5.74, 6) is -0.760. The first-order chi connectivity index (χ1) is 33.1. The Bertz CT molecular complexity index is 3640. The number of anilines is 3. The Hall–Kier alpha value is -7.63. The normalized spacial score (nSPS) is 15.1. The number of nitrogens with zero attached hydrogens (tertiary/aromatic N) is 4. The molecular formula is C54H38N4O. The zero-order valence-electron chi connectivity index (χ0n) is 41.9. The van der Waals surface area contributed by atoms with Crippen LogP contribution < -0.4 is 4.90 Å². The van der Waals surface area contributed by atoms with Crippen molar-refractivity contribution >= 4 is 39.0 Å². The first-order valence-electron chi connectivity index (χ1n) is 24.2. The monoisotopic (exact) mass is 768 g/mol. The Morgan fingerprint density at radius 1 is 0.458 bits per heavy atom. The van der Waals surface area contributed by atoms with E-state index in [0.29, 0.717) is 33.1 Å². The lowest BCUT2D eigenvalue weighted by atomic mass is 9.82. The summed E-state index contributed by atoms with van der Waals surface area (Å²) in [6.45, 7) is 4.53. The third-order valence-electron chi connectivity index (χ3n) is 11.1. The van der Waals surface area contributed by atoms with Crippen LogP contribution in [0.15, 0.2) is 198 Å². The Morgan fingerprint density at radius 3 is 1.78 bits per heavy atom. The molecule has 0 radical (unpaired) electrons. The Labute approximate surface area is 357 Å². The van der Waals surface area contributed by atoms with Crippen molar-refractivity contribution in [2.24, 2.45) is 0 Å². The van der Waals surface area contributed by atoms with E-state index < -0.39 is 60.4 Å². The van der Waals surface area contributed by atoms with Crippen LogP contribution in [-0.4, -0.2) is 15.0 Å². The molecule has 2 heterocycles. The molecule has 10 aromatic rings. The fourth-order valence-electron chi connectivity index (χ4n) is 8.30. The summed E-state index contributed by atoms with van der Waals surface area (Å²) in [6, 6.07) is 38.6. The van der Waals surface area contributed by atoms with Crippen LogP contribution in [0, 0.1) is 0 Å². The van der Waals surface area contributed by atoms with Gasteiger partial charge in [0.2, 0.25) is 0 Å². The van der Waals surface area contributed by atoms with Crippen molar-refractivity contribution in [3.63, 3.8) is 0 Å². The molecule has 280 valence electrons. The standard InChI is InChI=1S/C54H38N4O/c1-54(2)46-24-14-12-22-42(46)43-31-30-41(34-47(43)54)58(39-20-10-5-11-21-39)40-28-26-35(27-29-40)38-32-45(50-44-23-13-15-25-48(44)59-49(50)33-38)53-56-51(36-16-6-3-7-17-36)55-52(57-53)37-18-8-4-9-19-37/h3-34H,1-2H3/i3D,4D,6D,7D,8D,9D,16D,17D,18D,19D. The van der Waals surface area contributed by atoms with Crippen LogP contribution in [-0.2, 0) is 5.41 Å². The lowest BCUT2D eigenvalue weighted by Gasteiger charge is -2.28. The van der Waals surface area contributed by atoms with Crippen molar-refractivity contribution in [3.8, 4) is 56.4 Å². The smallest absolute Gasteiger partial charge is 0.164 e. The van der Waals surface area contributed by atoms with Crippen LogP contribution in [0.1, 0.15) is 38.7 Å². The van der Waals surface area contributed by atoms with Gasteiger partial charge < -0.3 is 9.32 Å². The van der Waals surface area contributed by atoms with Gasteiger partial charge in [-0.2, -0.15) is 0 Å². The minimum Gasteiger partial charge on any atom is -0.456 e. The second-order valence-corrected chi connectivity index (χ2v) is 14.9. The number of fused-ring (bicyclic) bond motifs is 6. The molecule has 2 aromatic heterocycles. The van der Waals surface area contributed by atoms with Crippen LogP contribution in [0.25, 0.3) is 78.4 Å². The van der Waals surface area contributed by atoms with E-state index in [1.807, 2.05) is 78.9 Å². The van der Waals surface area contributed by atoms with Gasteiger partial charge in [-0.05, 0) is 88.0 Å². The molecular weight excluding hydrogens is 721 g/mol. The third-order valence-corrected chi connectivity index (χ3v) is 11.1. The number of hydrogen-bond donors (Lipinski definition) is 0. The van der Waals surface area contributed by atoms with Crippen molar-refractivity contribution in [1.82, 2.24) is 15.0 Å². The quantitative estimate of drug-likeness (QED) is 0.162. The Kier molecular flexibility index (Phi) is 5.98. The molecule has 0 saturated carbocycles. The van der Waals surface area contributed by atoms with Crippen molar-refractivity contribution in [3.05, 3.63) is 205 Å². The van der Waals surface area contributed by atoms with E-state index in [4.69, 9.17) is 28.1 Å². The molecule has 8 aromatic carbocycles. The van der Waals surface area contributed by atoms with Gasteiger partial charge in [-0.25, -0.2) is 15.0 Å². The molecule has 0 unspecified atom stereocenters. The maximum absolute atomic E-state index is 8.85. The summed E-state index contributed by atoms with van der Waals surface area (Å²) < 4.78 is 92.2. The zero-order chi connectivity index (χ0) is 48.2. The van der Waals surface area contributed by atoms with E-state index in [0.717, 1.165) is 22.6 Å². The molecule has 0 N–H and O–H groups in total. The summed E-state index contributed by atoms with van der Waals surface area (Å²) >= 11 is 0. The summed E-state index contributed by atoms with van der Waals surface area (Å²) in [4.78, 5) is 16.3. The van der Waals surface area contributed by atoms with Gasteiger partial charge >= 0.3 is 0 Å². The van der Waals surface area contributed by atoms with E-state index in [-0.39, 0.29) is 34.0 Å². The van der Waals surface area contributed by atoms with Gasteiger partial charge in [-0.15, -0.1) is 0 Å². The zero-order valence-corrected chi connectivity index (χ0v) is 31.9. The maximum Gasteiger partial charge on any atom is 0.164 e. The molecule has 0 saturated heterocycles. The van der Waals surface area contributed by atoms with Crippen LogP contribution >= 0.6 is 0 Å². The molecule has 0 fully saturated rings. The molecule has 5 nitrogen and oxygen atoms in total. The minimum atomic E-state index is -0.623. The minimum absolute atomic E-state index is 0.0550. The van der Waals surface area contributed by atoms with E-state index >= 15 is 0 Å². The number of furan rings is 1. The average Bonchev–Trinajstić information content (AvgIpc) is 3.85. The van der Waals surface area contributed by atoms with E-state index in [2.05, 4.69) is 78.3 Å². The number of benzene rings is 8. The lowest BCUT2D eigenvalue weighted by molar-refractivity contribution is 0.660. The topological polar surface area (TPSA) is 55.1 Å². The molecule has 0 spiro atoms. The van der Waals surface area contributed by atoms with Gasteiger partial charge in [0.15, 0.2) is 17.5 Å². The fourth-order valence-corrected chi connectivity index (χ4v) is 8.30. The highest BCUT2D eigenvalue weighted by Gasteiger charge is 2.35. The molecule has 59 heavy (non-hydrogen) atoms. The summed E-state index contributed by atoms with van der Waals surface area (Å²) in [7, 11) is 0. The molecule has 0 bridgehead atoms. The van der Waals surface area contributed by atoms with Crippen LogP contribution in [0.2, 0.25) is 0 Å². The molecule has 0 aliphatic heterocycles. The van der Waals surface area contributed by atoms with Gasteiger partial charge in [0.25, 0.3) is 0 Å². The largest absolute Gasteiger partial charge is 0.456 e. The highest BCUT2D eigenvalue weighted by Crippen LogP contribution is 2.51. The van der Waals surface area contributed by atoms with Crippen molar-refractivity contribution in [2.75, 3.05) is 4.90 Å². The van der Waals surface area contributed by atoms with Crippen LogP contribution in [0.3, 0.4) is 0 Å². The molecule has 1 aliphatic carbocycles.